The van der Waals surface area contributed by atoms with Crippen molar-refractivity contribution in [2.24, 2.45) is 0 Å². The van der Waals surface area contributed by atoms with Crippen LogP contribution in [0.3, 0.4) is 0 Å². The van der Waals surface area contributed by atoms with Crippen LogP contribution >= 0.6 is 0 Å². The average Bonchev–Trinajstić information content (AvgIpc) is 3.38. The van der Waals surface area contributed by atoms with Gasteiger partial charge in [-0.25, -0.2) is 8.42 Å². The largest absolute Gasteiger partial charge is 0.497 e. The second-order valence-electron chi connectivity index (χ2n) is 6.33. The molecule has 0 unspecified atom stereocenters. The number of rotatable bonds is 7. The van der Waals surface area contributed by atoms with E-state index in [9.17, 15) is 8.42 Å². The summed E-state index contributed by atoms with van der Waals surface area (Å²) in [6.45, 7) is 0. The zero-order valence-electron chi connectivity index (χ0n) is 15.5. The molecule has 4 aromatic rings. The van der Waals surface area contributed by atoms with Gasteiger partial charge in [0.05, 0.1) is 18.6 Å². The number of hydrogen-bond acceptors (Lipinski definition) is 8. The summed E-state index contributed by atoms with van der Waals surface area (Å²) in [4.78, 5) is 4.17. The van der Waals surface area contributed by atoms with Crippen LogP contribution in [0.4, 0.5) is 0 Å². The monoisotopic (exact) mass is 411 g/mol. The summed E-state index contributed by atoms with van der Waals surface area (Å²) < 4.78 is 40.6. The van der Waals surface area contributed by atoms with Crippen molar-refractivity contribution in [2.45, 2.75) is 11.5 Å². The molecule has 0 saturated carbocycles. The number of ether oxygens (including phenoxy) is 1. The number of benzene rings is 2. The lowest BCUT2D eigenvalue weighted by molar-refractivity contribution is 0.414. The van der Waals surface area contributed by atoms with Crippen molar-refractivity contribution in [3.05, 3.63) is 72.2 Å². The summed E-state index contributed by atoms with van der Waals surface area (Å²) in [5, 5.41) is 7.63. The smallest absolute Gasteiger partial charge is 0.257 e. The lowest BCUT2D eigenvalue weighted by Gasteiger charge is -1.99. The standard InChI is InChI=1S/C20H17N3O5S/c1-26-17-9-7-15(8-10-17)20-21-19(23-28-20)13-29(24,25)12-16-11-18(27-22-16)14-5-3-2-4-6-14/h2-11H,12-13H2,1H3. The van der Waals surface area contributed by atoms with Gasteiger partial charge in [0.1, 0.15) is 11.5 Å². The molecule has 0 aliphatic heterocycles. The third kappa shape index (κ3) is 4.52. The van der Waals surface area contributed by atoms with E-state index in [1.165, 1.54) is 0 Å². The van der Waals surface area contributed by atoms with Gasteiger partial charge in [-0.05, 0) is 24.3 Å². The van der Waals surface area contributed by atoms with Gasteiger partial charge in [0.2, 0.25) is 0 Å². The molecule has 2 aromatic carbocycles. The Morgan fingerprint density at radius 2 is 1.66 bits per heavy atom. The van der Waals surface area contributed by atoms with E-state index in [4.69, 9.17) is 13.8 Å². The normalized spacial score (nSPS) is 11.5. The zero-order chi connectivity index (χ0) is 20.3. The minimum absolute atomic E-state index is 0.0857. The molecule has 4 rings (SSSR count). The van der Waals surface area contributed by atoms with Gasteiger partial charge >= 0.3 is 0 Å². The summed E-state index contributed by atoms with van der Waals surface area (Å²) >= 11 is 0. The zero-order valence-corrected chi connectivity index (χ0v) is 16.3. The fourth-order valence-electron chi connectivity index (χ4n) is 2.75. The Kier molecular flexibility index (Phi) is 5.13. The highest BCUT2D eigenvalue weighted by molar-refractivity contribution is 7.89. The quantitative estimate of drug-likeness (QED) is 0.454. The van der Waals surface area contributed by atoms with Gasteiger partial charge in [0.25, 0.3) is 5.89 Å². The average molecular weight is 411 g/mol. The first-order chi connectivity index (χ1) is 14.0. The molecule has 0 aliphatic carbocycles. The Labute approximate surface area is 167 Å². The summed E-state index contributed by atoms with van der Waals surface area (Å²) in [6, 6.07) is 18.0. The van der Waals surface area contributed by atoms with E-state index in [1.807, 2.05) is 30.3 Å². The predicted molar refractivity (Wildman–Crippen MR) is 105 cm³/mol. The minimum Gasteiger partial charge on any atom is -0.497 e. The molecule has 0 fully saturated rings. The lowest BCUT2D eigenvalue weighted by atomic mass is 10.2. The van der Waals surface area contributed by atoms with Crippen LogP contribution < -0.4 is 4.74 Å². The van der Waals surface area contributed by atoms with E-state index < -0.39 is 9.84 Å². The first-order valence-corrected chi connectivity index (χ1v) is 10.5. The molecular weight excluding hydrogens is 394 g/mol. The highest BCUT2D eigenvalue weighted by atomic mass is 32.2. The van der Waals surface area contributed by atoms with Crippen LogP contribution in [-0.2, 0) is 21.3 Å². The van der Waals surface area contributed by atoms with Crippen LogP contribution in [0.1, 0.15) is 11.5 Å². The molecule has 0 radical (unpaired) electrons. The maximum atomic E-state index is 12.5. The molecule has 29 heavy (non-hydrogen) atoms. The van der Waals surface area contributed by atoms with Crippen molar-refractivity contribution < 1.29 is 22.2 Å². The van der Waals surface area contributed by atoms with Gasteiger partial charge < -0.3 is 13.8 Å². The van der Waals surface area contributed by atoms with Gasteiger partial charge in [-0.3, -0.25) is 0 Å². The molecule has 0 aliphatic rings. The molecule has 148 valence electrons. The number of aromatic nitrogens is 3. The van der Waals surface area contributed by atoms with Gasteiger partial charge in [0.15, 0.2) is 21.4 Å². The van der Waals surface area contributed by atoms with E-state index in [0.717, 1.165) is 5.56 Å². The minimum atomic E-state index is -3.56. The Balaban J connectivity index is 1.45. The maximum Gasteiger partial charge on any atom is 0.257 e. The van der Waals surface area contributed by atoms with Crippen LogP contribution in [0, 0.1) is 0 Å². The van der Waals surface area contributed by atoms with Gasteiger partial charge in [-0.1, -0.05) is 40.6 Å². The predicted octanol–water partition coefficient (Wildman–Crippen LogP) is 3.52. The van der Waals surface area contributed by atoms with Gasteiger partial charge in [0, 0.05) is 17.2 Å². The summed E-state index contributed by atoms with van der Waals surface area (Å²) in [7, 11) is -1.99. The summed E-state index contributed by atoms with van der Waals surface area (Å²) in [6.07, 6.45) is 0. The molecule has 9 heteroatoms. The SMILES string of the molecule is COc1ccc(-c2nc(CS(=O)(=O)Cc3cc(-c4ccccc4)on3)no2)cc1. The van der Waals surface area contributed by atoms with Crippen molar-refractivity contribution in [1.82, 2.24) is 15.3 Å². The fourth-order valence-corrected chi connectivity index (χ4v) is 3.95. The molecule has 0 bridgehead atoms. The Hall–Kier alpha value is -3.46. The summed E-state index contributed by atoms with van der Waals surface area (Å²) in [5.41, 5.74) is 1.82. The van der Waals surface area contributed by atoms with Crippen molar-refractivity contribution in [3.8, 4) is 28.5 Å². The Morgan fingerprint density at radius 3 is 2.38 bits per heavy atom. The number of nitrogens with zero attached hydrogens (tertiary/aromatic N) is 3. The van der Waals surface area contributed by atoms with Crippen LogP contribution in [0.2, 0.25) is 0 Å². The van der Waals surface area contributed by atoms with Gasteiger partial charge in [-0.2, -0.15) is 4.98 Å². The lowest BCUT2D eigenvalue weighted by Crippen LogP contribution is -2.09. The number of sulfone groups is 1. The molecule has 2 heterocycles. The van der Waals surface area contributed by atoms with E-state index in [1.54, 1.807) is 37.4 Å². The second kappa shape index (κ2) is 7.88. The number of hydrogen-bond donors (Lipinski definition) is 0. The van der Waals surface area contributed by atoms with E-state index in [-0.39, 0.29) is 23.2 Å². The highest BCUT2D eigenvalue weighted by Gasteiger charge is 2.20. The highest BCUT2D eigenvalue weighted by Crippen LogP contribution is 2.23. The molecule has 2 aromatic heterocycles. The van der Waals surface area contributed by atoms with Crippen molar-refractivity contribution in [1.29, 1.82) is 0 Å². The van der Waals surface area contributed by atoms with Crippen molar-refractivity contribution >= 4 is 9.84 Å². The van der Waals surface area contributed by atoms with Crippen LogP contribution in [0.5, 0.6) is 5.75 Å². The van der Waals surface area contributed by atoms with E-state index in [0.29, 0.717) is 22.8 Å². The van der Waals surface area contributed by atoms with Crippen LogP contribution in [0.25, 0.3) is 22.8 Å². The molecule has 0 saturated heterocycles. The molecule has 0 spiro atoms. The third-order valence-corrected chi connectivity index (χ3v) is 5.57. The Bertz CT molecular complexity index is 1200. The molecule has 0 amide bonds. The first-order valence-electron chi connectivity index (χ1n) is 8.71. The molecule has 0 N–H and O–H groups in total. The Morgan fingerprint density at radius 1 is 0.897 bits per heavy atom. The van der Waals surface area contributed by atoms with Gasteiger partial charge in [-0.15, -0.1) is 0 Å². The van der Waals surface area contributed by atoms with Crippen LogP contribution in [0.15, 0.2) is 69.7 Å². The third-order valence-electron chi connectivity index (χ3n) is 4.14. The maximum absolute atomic E-state index is 12.5. The van der Waals surface area contributed by atoms with Crippen molar-refractivity contribution in [2.75, 3.05) is 7.11 Å². The molecular formula is C20H17N3O5S. The molecule has 0 atom stereocenters. The first kappa shape index (κ1) is 18.9. The van der Waals surface area contributed by atoms with E-state index >= 15 is 0 Å². The fraction of sp³-hybridized carbons (Fsp3) is 0.150. The second-order valence-corrected chi connectivity index (χ2v) is 8.39. The van der Waals surface area contributed by atoms with Crippen LogP contribution in [-0.4, -0.2) is 30.8 Å². The molecule has 8 nitrogen and oxygen atoms in total. The van der Waals surface area contributed by atoms with Crippen molar-refractivity contribution in [3.63, 3.8) is 0 Å². The topological polar surface area (TPSA) is 108 Å². The number of methoxy groups -OCH3 is 1. The van der Waals surface area contributed by atoms with E-state index in [2.05, 4.69) is 15.3 Å². The summed E-state index contributed by atoms with van der Waals surface area (Å²) in [5.74, 6) is 0.889.